The molecule has 7 atom stereocenters. The van der Waals surface area contributed by atoms with E-state index in [1.165, 1.54) is 32.4 Å². The molecule has 1 aliphatic rings. The first-order valence-electron chi connectivity index (χ1n) is 11.8. The molecule has 12 nitrogen and oxygen atoms in total. The molecule has 0 spiro atoms. The van der Waals surface area contributed by atoms with Crippen molar-refractivity contribution >= 4 is 6.08 Å². The molecule has 2 aromatic rings. The molecule has 210 valence electrons. The van der Waals surface area contributed by atoms with E-state index in [2.05, 4.69) is 0 Å². The fraction of sp³-hybridized carbons (Fsp3) is 0.462. The van der Waals surface area contributed by atoms with Crippen molar-refractivity contribution in [1.29, 1.82) is 0 Å². The second kappa shape index (κ2) is 13.7. The summed E-state index contributed by atoms with van der Waals surface area (Å²) >= 11 is 0. The summed E-state index contributed by atoms with van der Waals surface area (Å²) < 4.78 is 27.6. The van der Waals surface area contributed by atoms with Gasteiger partial charge in [0.2, 0.25) is 6.29 Å². The van der Waals surface area contributed by atoms with Crippen molar-refractivity contribution in [3.63, 3.8) is 0 Å². The number of hydrogen-bond donors (Lipinski definition) is 7. The molecular weight excluding hydrogens is 504 g/mol. The molecule has 1 aliphatic heterocycles. The predicted octanol–water partition coefficient (Wildman–Crippen LogP) is -0.639. The van der Waals surface area contributed by atoms with Gasteiger partial charge in [-0.15, -0.1) is 0 Å². The van der Waals surface area contributed by atoms with Gasteiger partial charge in [-0.05, 0) is 35.4 Å². The molecule has 7 N–H and O–H groups in total. The number of methoxy groups -OCH3 is 2. The smallest absolute Gasteiger partial charge is 0.229 e. The Morgan fingerprint density at radius 2 is 1.55 bits per heavy atom. The van der Waals surface area contributed by atoms with E-state index in [0.717, 1.165) is 5.56 Å². The minimum Gasteiger partial charge on any atom is -0.493 e. The molecule has 1 fully saturated rings. The molecule has 0 amide bonds. The van der Waals surface area contributed by atoms with Gasteiger partial charge in [-0.25, -0.2) is 0 Å². The summed E-state index contributed by atoms with van der Waals surface area (Å²) in [5.41, 5.74) is 1.06. The van der Waals surface area contributed by atoms with Crippen molar-refractivity contribution < 1.29 is 59.4 Å². The summed E-state index contributed by atoms with van der Waals surface area (Å²) in [5.74, 6) is 0.855. The molecule has 0 saturated carbocycles. The Hall–Kier alpha value is -2.94. The molecule has 0 radical (unpaired) electrons. The highest BCUT2D eigenvalue weighted by atomic mass is 16.7. The number of rotatable bonds is 12. The van der Waals surface area contributed by atoms with Crippen LogP contribution in [0.2, 0.25) is 0 Å². The van der Waals surface area contributed by atoms with Gasteiger partial charge in [-0.1, -0.05) is 24.3 Å². The molecule has 0 unspecified atom stereocenters. The zero-order chi connectivity index (χ0) is 27.8. The Morgan fingerprint density at radius 1 is 0.868 bits per heavy atom. The lowest BCUT2D eigenvalue weighted by Crippen LogP contribution is -2.60. The minimum atomic E-state index is -1.62. The third kappa shape index (κ3) is 6.73. The van der Waals surface area contributed by atoms with Crippen LogP contribution < -0.4 is 18.9 Å². The van der Waals surface area contributed by atoms with Crippen LogP contribution in [0, 0.1) is 0 Å². The summed E-state index contributed by atoms with van der Waals surface area (Å²) in [4.78, 5) is 0. The van der Waals surface area contributed by atoms with Gasteiger partial charge in [0.15, 0.2) is 29.1 Å². The van der Waals surface area contributed by atoms with Crippen LogP contribution in [-0.4, -0.2) is 107 Å². The lowest BCUT2D eigenvalue weighted by Gasteiger charge is -2.39. The van der Waals surface area contributed by atoms with Gasteiger partial charge in [-0.2, -0.15) is 0 Å². The van der Waals surface area contributed by atoms with E-state index >= 15 is 0 Å². The summed E-state index contributed by atoms with van der Waals surface area (Å²) in [5, 5.41) is 69.4. The van der Waals surface area contributed by atoms with Crippen LogP contribution in [0.5, 0.6) is 23.0 Å². The average Bonchev–Trinajstić information content (AvgIpc) is 2.94. The Balaban J connectivity index is 1.78. The average molecular weight is 539 g/mol. The fourth-order valence-electron chi connectivity index (χ4n) is 3.91. The molecule has 1 saturated heterocycles. The molecule has 0 aromatic heterocycles. The van der Waals surface area contributed by atoms with E-state index in [0.29, 0.717) is 11.3 Å². The Labute approximate surface area is 219 Å². The number of hydrogen-bond acceptors (Lipinski definition) is 12. The minimum absolute atomic E-state index is 0.0856. The van der Waals surface area contributed by atoms with Crippen LogP contribution in [0.3, 0.4) is 0 Å². The molecule has 12 heteroatoms. The fourth-order valence-corrected chi connectivity index (χ4v) is 3.91. The van der Waals surface area contributed by atoms with Gasteiger partial charge in [0.05, 0.1) is 34.0 Å². The monoisotopic (exact) mass is 538 g/mol. The normalized spacial score (nSPS) is 25.1. The molecule has 0 aliphatic carbocycles. The first kappa shape index (κ1) is 29.6. The quantitative estimate of drug-likeness (QED) is 0.181. The highest BCUT2D eigenvalue weighted by Gasteiger charge is 2.45. The summed E-state index contributed by atoms with van der Waals surface area (Å²) in [6.45, 7) is -1.26. The van der Waals surface area contributed by atoms with Gasteiger partial charge in [0, 0.05) is 0 Å². The third-order valence-electron chi connectivity index (χ3n) is 6.03. The van der Waals surface area contributed by atoms with E-state index in [1.54, 1.807) is 30.4 Å². The van der Waals surface area contributed by atoms with Crippen LogP contribution >= 0.6 is 0 Å². The topological polar surface area (TPSA) is 188 Å². The molecule has 2 aromatic carbocycles. The SMILES string of the molecule is COc1cc([C@@H](O)[C@H](CO)Oc2ccc(C=CCO)cc2OC)ccc1O[C@@H]1O[C@H](CO)[C@@H](O)[C@H](O)[C@H]1O. The van der Waals surface area contributed by atoms with Crippen molar-refractivity contribution in [2.45, 2.75) is 42.9 Å². The van der Waals surface area contributed by atoms with Gasteiger partial charge < -0.3 is 59.4 Å². The summed E-state index contributed by atoms with van der Waals surface area (Å²) in [6.07, 6.45) is -6.47. The highest BCUT2D eigenvalue weighted by Crippen LogP contribution is 2.36. The Morgan fingerprint density at radius 3 is 2.18 bits per heavy atom. The van der Waals surface area contributed by atoms with Crippen molar-refractivity contribution in [2.24, 2.45) is 0 Å². The molecular formula is C26H34O12. The van der Waals surface area contributed by atoms with Gasteiger partial charge >= 0.3 is 0 Å². The molecule has 0 bridgehead atoms. The number of aliphatic hydroxyl groups is 7. The van der Waals surface area contributed by atoms with Crippen LogP contribution in [0.4, 0.5) is 0 Å². The lowest BCUT2D eigenvalue weighted by atomic mass is 9.99. The van der Waals surface area contributed by atoms with Gasteiger partial charge in [-0.3, -0.25) is 0 Å². The Bertz CT molecular complexity index is 1060. The van der Waals surface area contributed by atoms with Gasteiger partial charge in [0.1, 0.15) is 30.5 Å². The van der Waals surface area contributed by atoms with Crippen molar-refractivity contribution in [2.75, 3.05) is 34.0 Å². The number of aliphatic hydroxyl groups excluding tert-OH is 7. The molecule has 3 rings (SSSR count). The summed E-state index contributed by atoms with van der Waals surface area (Å²) in [7, 11) is 2.80. The van der Waals surface area contributed by atoms with Crippen LogP contribution in [0.1, 0.15) is 17.2 Å². The van der Waals surface area contributed by atoms with Crippen LogP contribution in [0.15, 0.2) is 42.5 Å². The van der Waals surface area contributed by atoms with E-state index in [-0.39, 0.29) is 23.9 Å². The first-order valence-corrected chi connectivity index (χ1v) is 11.8. The van der Waals surface area contributed by atoms with Gasteiger partial charge in [0.25, 0.3) is 0 Å². The third-order valence-corrected chi connectivity index (χ3v) is 6.03. The maximum atomic E-state index is 11.0. The maximum Gasteiger partial charge on any atom is 0.229 e. The zero-order valence-electron chi connectivity index (χ0n) is 21.0. The number of ether oxygens (including phenoxy) is 5. The van der Waals surface area contributed by atoms with E-state index in [4.69, 9.17) is 28.8 Å². The highest BCUT2D eigenvalue weighted by molar-refractivity contribution is 5.56. The Kier molecular flexibility index (Phi) is 10.7. The van der Waals surface area contributed by atoms with Crippen molar-refractivity contribution in [3.8, 4) is 23.0 Å². The predicted molar refractivity (Wildman–Crippen MR) is 133 cm³/mol. The van der Waals surface area contributed by atoms with Crippen LogP contribution in [0.25, 0.3) is 6.08 Å². The largest absolute Gasteiger partial charge is 0.493 e. The lowest BCUT2D eigenvalue weighted by molar-refractivity contribution is -0.277. The zero-order valence-corrected chi connectivity index (χ0v) is 21.0. The summed E-state index contributed by atoms with van der Waals surface area (Å²) in [6, 6.07) is 9.36. The molecule has 1 heterocycles. The second-order valence-electron chi connectivity index (χ2n) is 8.50. The standard InChI is InChI=1S/C26H34O12/c1-34-18-10-14(4-3-9-27)5-7-16(18)36-20(12-28)22(30)15-6-8-17(19(11-15)35-2)37-26-25(33)24(32)23(31)21(13-29)38-26/h3-8,10-11,20-33H,9,12-13H2,1-2H3/t20-,21+,22+,23+,24-,25+,26+/m0/s1. The first-order chi connectivity index (χ1) is 18.3. The van der Waals surface area contributed by atoms with Crippen molar-refractivity contribution in [3.05, 3.63) is 53.6 Å². The number of benzene rings is 2. The van der Waals surface area contributed by atoms with E-state index in [9.17, 15) is 30.6 Å². The molecule has 38 heavy (non-hydrogen) atoms. The van der Waals surface area contributed by atoms with Crippen LogP contribution in [-0.2, 0) is 4.74 Å². The maximum absolute atomic E-state index is 11.0. The van der Waals surface area contributed by atoms with E-state index in [1.807, 2.05) is 0 Å². The second-order valence-corrected chi connectivity index (χ2v) is 8.50. The van der Waals surface area contributed by atoms with E-state index < -0.39 is 56.1 Å². The van der Waals surface area contributed by atoms with Crippen molar-refractivity contribution in [1.82, 2.24) is 0 Å².